The Hall–Kier alpha value is -1.06. The average molecular weight is 246 g/mol. The van der Waals surface area contributed by atoms with Crippen LogP contribution in [0.25, 0.3) is 0 Å². The molecule has 0 aromatic heterocycles. The van der Waals surface area contributed by atoms with Crippen molar-refractivity contribution in [2.24, 2.45) is 11.1 Å². The van der Waals surface area contributed by atoms with Crippen LogP contribution in [0.3, 0.4) is 0 Å². The standard InChI is InChI=1S/C15H22N2O/c16-11-15(6-3-7-15)12-17-8-9-18-14-5-2-1-4-13(14)10-17/h1-2,4-5H,3,6-12,16H2. The van der Waals surface area contributed by atoms with Gasteiger partial charge in [0.25, 0.3) is 0 Å². The fourth-order valence-corrected chi connectivity index (χ4v) is 3.09. The van der Waals surface area contributed by atoms with Gasteiger partial charge in [0, 0.05) is 25.2 Å². The minimum atomic E-state index is 0.388. The van der Waals surface area contributed by atoms with Crippen molar-refractivity contribution in [3.8, 4) is 5.75 Å². The molecule has 1 aliphatic heterocycles. The Balaban J connectivity index is 1.71. The van der Waals surface area contributed by atoms with Crippen LogP contribution in [0, 0.1) is 5.41 Å². The number of nitrogens with two attached hydrogens (primary N) is 1. The van der Waals surface area contributed by atoms with Crippen molar-refractivity contribution in [1.29, 1.82) is 0 Å². The van der Waals surface area contributed by atoms with Crippen LogP contribution in [-0.2, 0) is 6.54 Å². The normalized spacial score (nSPS) is 22.5. The maximum atomic E-state index is 5.96. The minimum Gasteiger partial charge on any atom is -0.492 e. The molecule has 0 unspecified atom stereocenters. The minimum absolute atomic E-state index is 0.388. The third-order valence-corrected chi connectivity index (χ3v) is 4.44. The molecular weight excluding hydrogens is 224 g/mol. The van der Waals surface area contributed by atoms with Gasteiger partial charge in [0.2, 0.25) is 0 Å². The van der Waals surface area contributed by atoms with E-state index in [1.807, 2.05) is 6.07 Å². The van der Waals surface area contributed by atoms with Crippen molar-refractivity contribution in [1.82, 2.24) is 4.90 Å². The second kappa shape index (κ2) is 4.90. The van der Waals surface area contributed by atoms with Gasteiger partial charge in [-0.25, -0.2) is 0 Å². The zero-order chi connectivity index (χ0) is 12.4. The highest BCUT2D eigenvalue weighted by atomic mass is 16.5. The van der Waals surface area contributed by atoms with Crippen molar-refractivity contribution in [2.45, 2.75) is 25.8 Å². The monoisotopic (exact) mass is 246 g/mol. The molecule has 3 heteroatoms. The highest BCUT2D eigenvalue weighted by molar-refractivity contribution is 5.33. The Bertz CT molecular complexity index is 409. The number of nitrogens with zero attached hydrogens (tertiary/aromatic N) is 1. The molecule has 0 atom stereocenters. The molecule has 1 fully saturated rings. The Morgan fingerprint density at radius 3 is 2.83 bits per heavy atom. The van der Waals surface area contributed by atoms with E-state index in [0.717, 1.165) is 38.5 Å². The van der Waals surface area contributed by atoms with E-state index in [1.54, 1.807) is 0 Å². The van der Waals surface area contributed by atoms with Crippen molar-refractivity contribution >= 4 is 0 Å². The number of para-hydroxylation sites is 1. The van der Waals surface area contributed by atoms with E-state index < -0.39 is 0 Å². The fraction of sp³-hybridized carbons (Fsp3) is 0.600. The van der Waals surface area contributed by atoms with E-state index in [0.29, 0.717) is 5.41 Å². The van der Waals surface area contributed by atoms with Crippen LogP contribution in [0.1, 0.15) is 24.8 Å². The summed E-state index contributed by atoms with van der Waals surface area (Å²) in [6.07, 6.45) is 3.93. The van der Waals surface area contributed by atoms with Gasteiger partial charge >= 0.3 is 0 Å². The lowest BCUT2D eigenvalue weighted by molar-refractivity contribution is 0.0679. The molecular formula is C15H22N2O. The second-order valence-electron chi connectivity index (χ2n) is 5.72. The quantitative estimate of drug-likeness (QED) is 0.886. The van der Waals surface area contributed by atoms with Crippen LogP contribution in [0.5, 0.6) is 5.75 Å². The van der Waals surface area contributed by atoms with Crippen LogP contribution < -0.4 is 10.5 Å². The van der Waals surface area contributed by atoms with Crippen LogP contribution in [0.15, 0.2) is 24.3 Å². The summed E-state index contributed by atoms with van der Waals surface area (Å²) in [5, 5.41) is 0. The lowest BCUT2D eigenvalue weighted by Crippen LogP contribution is -2.47. The topological polar surface area (TPSA) is 38.5 Å². The van der Waals surface area contributed by atoms with Gasteiger partial charge in [-0.2, -0.15) is 0 Å². The number of fused-ring (bicyclic) bond motifs is 1. The van der Waals surface area contributed by atoms with Gasteiger partial charge in [0.1, 0.15) is 12.4 Å². The van der Waals surface area contributed by atoms with Crippen LogP contribution in [-0.4, -0.2) is 31.1 Å². The number of hydrogen-bond acceptors (Lipinski definition) is 3. The molecule has 18 heavy (non-hydrogen) atoms. The molecule has 0 amide bonds. The Morgan fingerprint density at radius 1 is 1.28 bits per heavy atom. The maximum absolute atomic E-state index is 5.96. The van der Waals surface area contributed by atoms with E-state index in [2.05, 4.69) is 23.1 Å². The molecule has 0 saturated heterocycles. The van der Waals surface area contributed by atoms with E-state index >= 15 is 0 Å². The van der Waals surface area contributed by atoms with Gasteiger partial charge in [-0.05, 0) is 30.9 Å². The summed E-state index contributed by atoms with van der Waals surface area (Å²) in [4.78, 5) is 2.51. The first-order valence-corrected chi connectivity index (χ1v) is 6.94. The largest absolute Gasteiger partial charge is 0.492 e. The van der Waals surface area contributed by atoms with Crippen molar-refractivity contribution in [3.05, 3.63) is 29.8 Å². The number of hydrogen-bond donors (Lipinski definition) is 1. The summed E-state index contributed by atoms with van der Waals surface area (Å²) in [6, 6.07) is 8.37. The molecule has 2 aliphatic rings. The van der Waals surface area contributed by atoms with Crippen molar-refractivity contribution in [2.75, 3.05) is 26.2 Å². The molecule has 1 aliphatic carbocycles. The molecule has 98 valence electrons. The lowest BCUT2D eigenvalue weighted by Gasteiger charge is -2.44. The molecule has 0 spiro atoms. The van der Waals surface area contributed by atoms with E-state index in [-0.39, 0.29) is 0 Å². The zero-order valence-electron chi connectivity index (χ0n) is 10.9. The van der Waals surface area contributed by atoms with Gasteiger partial charge in [-0.3, -0.25) is 4.90 Å². The second-order valence-corrected chi connectivity index (χ2v) is 5.72. The van der Waals surface area contributed by atoms with Gasteiger partial charge < -0.3 is 10.5 Å². The summed E-state index contributed by atoms with van der Waals surface area (Å²) < 4.78 is 5.81. The molecule has 1 saturated carbocycles. The Kier molecular flexibility index (Phi) is 3.27. The van der Waals surface area contributed by atoms with Gasteiger partial charge in [-0.1, -0.05) is 24.6 Å². The summed E-state index contributed by atoms with van der Waals surface area (Å²) in [7, 11) is 0. The van der Waals surface area contributed by atoms with Crippen molar-refractivity contribution in [3.63, 3.8) is 0 Å². The molecule has 1 aromatic carbocycles. The fourth-order valence-electron chi connectivity index (χ4n) is 3.09. The zero-order valence-corrected chi connectivity index (χ0v) is 10.9. The molecule has 0 bridgehead atoms. The first kappa shape index (κ1) is 12.0. The van der Waals surface area contributed by atoms with Crippen LogP contribution >= 0.6 is 0 Å². The maximum Gasteiger partial charge on any atom is 0.123 e. The van der Waals surface area contributed by atoms with Crippen molar-refractivity contribution < 1.29 is 4.74 Å². The summed E-state index contributed by atoms with van der Waals surface area (Å²) >= 11 is 0. The van der Waals surface area contributed by atoms with E-state index in [1.165, 1.54) is 24.8 Å². The molecule has 0 radical (unpaired) electrons. The smallest absolute Gasteiger partial charge is 0.123 e. The number of rotatable bonds is 3. The molecule has 1 heterocycles. The highest BCUT2D eigenvalue weighted by Gasteiger charge is 2.37. The molecule has 1 aromatic rings. The third kappa shape index (κ3) is 2.25. The first-order chi connectivity index (χ1) is 8.81. The predicted octanol–water partition coefficient (Wildman–Crippen LogP) is 2.01. The number of ether oxygens (including phenoxy) is 1. The molecule has 3 nitrogen and oxygen atoms in total. The molecule has 3 rings (SSSR count). The predicted molar refractivity (Wildman–Crippen MR) is 72.6 cm³/mol. The summed E-state index contributed by atoms with van der Waals surface area (Å²) in [6.45, 7) is 4.75. The Morgan fingerprint density at radius 2 is 2.11 bits per heavy atom. The highest BCUT2D eigenvalue weighted by Crippen LogP contribution is 2.41. The number of benzene rings is 1. The molecule has 2 N–H and O–H groups in total. The van der Waals surface area contributed by atoms with E-state index in [9.17, 15) is 0 Å². The van der Waals surface area contributed by atoms with Crippen LogP contribution in [0.2, 0.25) is 0 Å². The summed E-state index contributed by atoms with van der Waals surface area (Å²) in [5.74, 6) is 1.05. The van der Waals surface area contributed by atoms with Gasteiger partial charge in [0.15, 0.2) is 0 Å². The summed E-state index contributed by atoms with van der Waals surface area (Å²) in [5.41, 5.74) is 7.66. The van der Waals surface area contributed by atoms with E-state index in [4.69, 9.17) is 10.5 Å². The van der Waals surface area contributed by atoms with Crippen LogP contribution in [0.4, 0.5) is 0 Å². The Labute approximate surface area is 109 Å². The van der Waals surface area contributed by atoms with Gasteiger partial charge in [-0.15, -0.1) is 0 Å². The third-order valence-electron chi connectivity index (χ3n) is 4.44. The lowest BCUT2D eigenvalue weighted by atomic mass is 9.68. The SMILES string of the molecule is NCC1(CN2CCOc3ccccc3C2)CCC1. The van der Waals surface area contributed by atoms with Gasteiger partial charge in [0.05, 0.1) is 0 Å². The first-order valence-electron chi connectivity index (χ1n) is 6.94. The average Bonchev–Trinajstić information content (AvgIpc) is 2.55.